The van der Waals surface area contributed by atoms with E-state index in [0.29, 0.717) is 11.8 Å². The summed E-state index contributed by atoms with van der Waals surface area (Å²) in [5.74, 6) is 1.29. The Labute approximate surface area is 437 Å². The standard InChI is InChI=1S/C72H64N2/c1-49-21-33-61(34-22-49)73(63-37-29-55(30-38-63)51-13-5-3-6-14-51)65-41-43-67-69(47-65)71(59-27-25-53-17-9-11-19-57(53)45-59)68-44-42-66(48-70(68)72(67)60-28-26-54-18-10-12-20-58(54)46-60)74(62-35-23-50(2)24-36-62)64-39-31-56(32-40-64)52-15-7-4-8-16-52/h9-12,17-48,51-52H,3-8,13-16H2,1-2H3. The lowest BCUT2D eigenvalue weighted by Crippen LogP contribution is -2.11. The largest absolute Gasteiger partial charge is 0.310 e. The van der Waals surface area contributed by atoms with Crippen LogP contribution in [0.15, 0.2) is 218 Å². The van der Waals surface area contributed by atoms with Crippen LogP contribution in [0.2, 0.25) is 0 Å². The predicted molar refractivity (Wildman–Crippen MR) is 318 cm³/mol. The molecule has 0 heterocycles. The molecular weight excluding hydrogens is 893 g/mol. The number of benzene rings is 11. The van der Waals surface area contributed by atoms with Crippen LogP contribution < -0.4 is 9.80 Å². The quantitative estimate of drug-likeness (QED) is 0.126. The molecule has 2 fully saturated rings. The molecule has 0 amide bonds. The molecule has 2 nitrogen and oxygen atoms in total. The van der Waals surface area contributed by atoms with Crippen molar-refractivity contribution in [1.82, 2.24) is 0 Å². The number of hydrogen-bond donors (Lipinski definition) is 0. The van der Waals surface area contributed by atoms with Gasteiger partial charge in [-0.15, -0.1) is 0 Å². The molecule has 0 saturated heterocycles. The van der Waals surface area contributed by atoms with Gasteiger partial charge in [0, 0.05) is 34.1 Å². The van der Waals surface area contributed by atoms with E-state index < -0.39 is 0 Å². The fraction of sp³-hybridized carbons (Fsp3) is 0.194. The van der Waals surface area contributed by atoms with Crippen molar-refractivity contribution in [3.63, 3.8) is 0 Å². The highest BCUT2D eigenvalue weighted by atomic mass is 15.1. The zero-order valence-electron chi connectivity index (χ0n) is 42.9. The average Bonchev–Trinajstić information content (AvgIpc) is 3.46. The van der Waals surface area contributed by atoms with Gasteiger partial charge in [0.05, 0.1) is 0 Å². The molecule has 2 heteroatoms. The molecule has 0 unspecified atom stereocenters. The Hall–Kier alpha value is -7.94. The van der Waals surface area contributed by atoms with E-state index in [9.17, 15) is 0 Å². The van der Waals surface area contributed by atoms with Crippen molar-refractivity contribution in [2.24, 2.45) is 0 Å². The van der Waals surface area contributed by atoms with Crippen molar-refractivity contribution in [2.45, 2.75) is 89.9 Å². The van der Waals surface area contributed by atoms with E-state index in [0.717, 1.165) is 22.7 Å². The van der Waals surface area contributed by atoms with Crippen molar-refractivity contribution in [3.05, 3.63) is 241 Å². The first-order chi connectivity index (χ1) is 36.5. The highest BCUT2D eigenvalue weighted by Crippen LogP contribution is 2.49. The molecule has 74 heavy (non-hydrogen) atoms. The van der Waals surface area contributed by atoms with Crippen LogP contribution in [-0.4, -0.2) is 0 Å². The molecule has 0 N–H and O–H groups in total. The van der Waals surface area contributed by atoms with E-state index in [-0.39, 0.29) is 0 Å². The van der Waals surface area contributed by atoms with Crippen LogP contribution >= 0.6 is 0 Å². The smallest absolute Gasteiger partial charge is 0.0468 e. The van der Waals surface area contributed by atoms with Crippen LogP contribution in [0.5, 0.6) is 0 Å². The lowest BCUT2D eigenvalue weighted by Gasteiger charge is -2.29. The lowest BCUT2D eigenvalue weighted by atomic mass is 9.84. The third-order valence-corrected chi connectivity index (χ3v) is 16.7. The minimum atomic E-state index is 0.647. The van der Waals surface area contributed by atoms with Crippen molar-refractivity contribution in [1.29, 1.82) is 0 Å². The molecule has 0 bridgehead atoms. The number of fused-ring (bicyclic) bond motifs is 4. The van der Waals surface area contributed by atoms with Crippen LogP contribution in [0.25, 0.3) is 65.3 Å². The molecule has 0 atom stereocenters. The van der Waals surface area contributed by atoms with E-state index in [1.165, 1.54) is 163 Å². The van der Waals surface area contributed by atoms with E-state index >= 15 is 0 Å². The van der Waals surface area contributed by atoms with E-state index in [1.54, 1.807) is 0 Å². The number of hydrogen-bond acceptors (Lipinski definition) is 2. The molecule has 2 aliphatic carbocycles. The molecule has 11 aromatic rings. The molecule has 0 aromatic heterocycles. The van der Waals surface area contributed by atoms with Crippen molar-refractivity contribution in [3.8, 4) is 22.3 Å². The van der Waals surface area contributed by atoms with Gasteiger partial charge in [0.1, 0.15) is 0 Å². The number of rotatable bonds is 10. The van der Waals surface area contributed by atoms with E-state index in [4.69, 9.17) is 0 Å². The summed E-state index contributed by atoms with van der Waals surface area (Å²) < 4.78 is 0. The highest BCUT2D eigenvalue weighted by Gasteiger charge is 2.24. The van der Waals surface area contributed by atoms with Gasteiger partial charge >= 0.3 is 0 Å². The van der Waals surface area contributed by atoms with Gasteiger partial charge in [-0.3, -0.25) is 0 Å². The summed E-state index contributed by atoms with van der Waals surface area (Å²) >= 11 is 0. The summed E-state index contributed by atoms with van der Waals surface area (Å²) in [5, 5.41) is 9.87. The summed E-state index contributed by atoms with van der Waals surface area (Å²) in [6.45, 7) is 4.36. The zero-order valence-corrected chi connectivity index (χ0v) is 42.9. The SMILES string of the molecule is Cc1ccc(N(c2ccc(C3CCCCC3)cc2)c2ccc3c(-c4ccc5ccccc5c4)c4cc(N(c5ccc(C)cc5)c5ccc(C6CCCCC6)cc5)ccc4c(-c4ccc5ccccc5c4)c3c2)cc1. The van der Waals surface area contributed by atoms with Crippen LogP contribution in [0, 0.1) is 13.8 Å². The number of anilines is 6. The Bertz CT molecular complexity index is 3550. The predicted octanol–water partition coefficient (Wildman–Crippen LogP) is 21.3. The second-order valence-electron chi connectivity index (χ2n) is 21.5. The molecule has 13 rings (SSSR count). The maximum absolute atomic E-state index is 2.49. The zero-order chi connectivity index (χ0) is 49.5. The summed E-state index contributed by atoms with van der Waals surface area (Å²) in [6, 6.07) is 83.4. The highest BCUT2D eigenvalue weighted by molar-refractivity contribution is 6.23. The molecular formula is C72H64N2. The molecule has 0 radical (unpaired) electrons. The van der Waals surface area contributed by atoms with Crippen LogP contribution in [0.4, 0.5) is 34.1 Å². The second-order valence-corrected chi connectivity index (χ2v) is 21.5. The Morgan fingerprint density at radius 3 is 1.00 bits per heavy atom. The third-order valence-electron chi connectivity index (χ3n) is 16.7. The molecule has 2 aliphatic rings. The Morgan fingerprint density at radius 2 is 0.622 bits per heavy atom. The first kappa shape index (κ1) is 45.9. The Morgan fingerprint density at radius 1 is 0.284 bits per heavy atom. The molecule has 0 aliphatic heterocycles. The van der Waals surface area contributed by atoms with E-state index in [1.807, 2.05) is 0 Å². The summed E-state index contributed by atoms with van der Waals surface area (Å²) in [6.07, 6.45) is 13.2. The van der Waals surface area contributed by atoms with Crippen LogP contribution in [0.1, 0.15) is 98.3 Å². The Kier molecular flexibility index (Phi) is 12.3. The summed E-state index contributed by atoms with van der Waals surface area (Å²) in [7, 11) is 0. The van der Waals surface area contributed by atoms with Crippen molar-refractivity contribution in [2.75, 3.05) is 9.80 Å². The maximum Gasteiger partial charge on any atom is 0.0468 e. The minimum absolute atomic E-state index is 0.647. The fourth-order valence-corrected chi connectivity index (χ4v) is 12.7. The minimum Gasteiger partial charge on any atom is -0.310 e. The molecule has 11 aromatic carbocycles. The number of aryl methyl sites for hydroxylation is 2. The number of nitrogens with zero attached hydrogens (tertiary/aromatic N) is 2. The van der Waals surface area contributed by atoms with Gasteiger partial charge < -0.3 is 9.80 Å². The van der Waals surface area contributed by atoms with Gasteiger partial charge in [-0.1, -0.05) is 183 Å². The van der Waals surface area contributed by atoms with Gasteiger partial charge in [-0.25, -0.2) is 0 Å². The first-order valence-corrected chi connectivity index (χ1v) is 27.4. The average molecular weight is 957 g/mol. The Balaban J connectivity index is 1.07. The van der Waals surface area contributed by atoms with Gasteiger partial charge in [-0.05, 0) is 213 Å². The topological polar surface area (TPSA) is 6.48 Å². The summed E-state index contributed by atoms with van der Waals surface area (Å²) in [4.78, 5) is 4.94. The summed E-state index contributed by atoms with van der Waals surface area (Å²) in [5.41, 5.74) is 17.3. The molecule has 2 saturated carbocycles. The van der Waals surface area contributed by atoms with Gasteiger partial charge in [0.2, 0.25) is 0 Å². The third kappa shape index (κ3) is 8.81. The second kappa shape index (κ2) is 19.8. The van der Waals surface area contributed by atoms with Gasteiger partial charge in [0.25, 0.3) is 0 Å². The van der Waals surface area contributed by atoms with Crippen LogP contribution in [-0.2, 0) is 0 Å². The molecule has 0 spiro atoms. The van der Waals surface area contributed by atoms with Crippen molar-refractivity contribution >= 4 is 77.2 Å². The van der Waals surface area contributed by atoms with E-state index in [2.05, 4.69) is 242 Å². The monoisotopic (exact) mass is 957 g/mol. The fourth-order valence-electron chi connectivity index (χ4n) is 12.7. The van der Waals surface area contributed by atoms with Gasteiger partial charge in [0.15, 0.2) is 0 Å². The molecule has 362 valence electrons. The normalized spacial score (nSPS) is 14.5. The van der Waals surface area contributed by atoms with Gasteiger partial charge in [-0.2, -0.15) is 0 Å². The van der Waals surface area contributed by atoms with Crippen molar-refractivity contribution < 1.29 is 0 Å². The lowest BCUT2D eigenvalue weighted by molar-refractivity contribution is 0.443. The maximum atomic E-state index is 2.49. The first-order valence-electron chi connectivity index (χ1n) is 27.4. The van der Waals surface area contributed by atoms with Crippen LogP contribution in [0.3, 0.4) is 0 Å².